The Morgan fingerprint density at radius 2 is 2.12 bits per heavy atom. The highest BCUT2D eigenvalue weighted by atomic mass is 16.5. The topological polar surface area (TPSA) is 56.1 Å². The first-order valence-electron chi connectivity index (χ1n) is 9.38. The highest BCUT2D eigenvalue weighted by molar-refractivity contribution is 5.65. The van der Waals surface area contributed by atoms with Crippen LogP contribution in [0.15, 0.2) is 12.3 Å². The maximum atomic E-state index is 5.94. The number of ether oxygens (including phenoxy) is 1. The number of aromatic nitrogens is 4. The van der Waals surface area contributed by atoms with Crippen LogP contribution in [0.1, 0.15) is 44.5 Å². The Morgan fingerprint density at radius 3 is 2.84 bits per heavy atom. The molecule has 0 saturated carbocycles. The third-order valence-corrected chi connectivity index (χ3v) is 4.80. The van der Waals surface area contributed by atoms with E-state index < -0.39 is 0 Å². The summed E-state index contributed by atoms with van der Waals surface area (Å²) in [7, 11) is 0. The summed E-state index contributed by atoms with van der Waals surface area (Å²) < 4.78 is 7.97. The van der Waals surface area contributed by atoms with E-state index in [4.69, 9.17) is 9.72 Å². The fourth-order valence-electron chi connectivity index (χ4n) is 3.56. The van der Waals surface area contributed by atoms with Gasteiger partial charge in [-0.2, -0.15) is 5.10 Å². The van der Waals surface area contributed by atoms with E-state index in [1.54, 1.807) is 0 Å². The number of anilines is 1. The van der Waals surface area contributed by atoms with Crippen LogP contribution in [0.25, 0.3) is 11.3 Å². The Balaban J connectivity index is 1.83. The third kappa shape index (κ3) is 3.84. The molecule has 0 spiro atoms. The zero-order valence-corrected chi connectivity index (χ0v) is 15.8. The summed E-state index contributed by atoms with van der Waals surface area (Å²) in [6, 6.07) is 1.98. The van der Waals surface area contributed by atoms with E-state index >= 15 is 0 Å². The Labute approximate surface area is 150 Å². The van der Waals surface area contributed by atoms with Gasteiger partial charge in [-0.15, -0.1) is 0 Å². The second-order valence-electron chi connectivity index (χ2n) is 6.68. The van der Waals surface area contributed by atoms with Gasteiger partial charge in [0.05, 0.1) is 17.5 Å². The second kappa shape index (κ2) is 7.95. The summed E-state index contributed by atoms with van der Waals surface area (Å²) in [6.07, 6.45) is 5.44. The van der Waals surface area contributed by atoms with Crippen molar-refractivity contribution in [2.75, 3.05) is 24.6 Å². The van der Waals surface area contributed by atoms with Gasteiger partial charge < -0.3 is 9.64 Å². The Kier molecular flexibility index (Phi) is 5.68. The van der Waals surface area contributed by atoms with Gasteiger partial charge in [-0.05, 0) is 46.1 Å². The molecule has 0 aliphatic carbocycles. The Hall–Kier alpha value is -1.95. The van der Waals surface area contributed by atoms with Crippen molar-refractivity contribution < 1.29 is 4.74 Å². The van der Waals surface area contributed by atoms with E-state index in [9.17, 15) is 0 Å². The molecule has 0 aromatic carbocycles. The van der Waals surface area contributed by atoms with Gasteiger partial charge in [0.15, 0.2) is 0 Å². The molecule has 0 amide bonds. The predicted molar refractivity (Wildman–Crippen MR) is 99.9 cm³/mol. The van der Waals surface area contributed by atoms with Gasteiger partial charge in [0.25, 0.3) is 0 Å². The first-order chi connectivity index (χ1) is 12.1. The molecule has 2 aromatic rings. The molecule has 1 fully saturated rings. The predicted octanol–water partition coefficient (Wildman–Crippen LogP) is 3.37. The molecule has 25 heavy (non-hydrogen) atoms. The molecule has 3 rings (SSSR count). The Bertz CT molecular complexity index is 712. The fraction of sp³-hybridized carbons (Fsp3) is 0.632. The molecule has 3 heterocycles. The minimum atomic E-state index is 0.285. The van der Waals surface area contributed by atoms with Crippen LogP contribution in [-0.4, -0.2) is 45.5 Å². The van der Waals surface area contributed by atoms with E-state index in [0.29, 0.717) is 0 Å². The molecule has 1 aliphatic heterocycles. The molecule has 2 aromatic heterocycles. The van der Waals surface area contributed by atoms with Crippen molar-refractivity contribution in [3.63, 3.8) is 0 Å². The second-order valence-corrected chi connectivity index (χ2v) is 6.68. The Morgan fingerprint density at radius 1 is 1.28 bits per heavy atom. The normalized spacial score (nSPS) is 17.9. The molecule has 1 saturated heterocycles. The summed E-state index contributed by atoms with van der Waals surface area (Å²) in [5.41, 5.74) is 4.26. The lowest BCUT2D eigenvalue weighted by Gasteiger charge is -2.32. The molecule has 6 nitrogen and oxygen atoms in total. The smallest absolute Gasteiger partial charge is 0.225 e. The quantitative estimate of drug-likeness (QED) is 0.805. The van der Waals surface area contributed by atoms with Crippen molar-refractivity contribution in [2.24, 2.45) is 0 Å². The van der Waals surface area contributed by atoms with Gasteiger partial charge >= 0.3 is 0 Å². The van der Waals surface area contributed by atoms with Gasteiger partial charge in [0.1, 0.15) is 0 Å². The minimum Gasteiger partial charge on any atom is -0.376 e. The zero-order chi connectivity index (χ0) is 17.8. The van der Waals surface area contributed by atoms with Gasteiger partial charge in [0.2, 0.25) is 5.95 Å². The van der Waals surface area contributed by atoms with Crippen LogP contribution in [0.4, 0.5) is 5.95 Å². The van der Waals surface area contributed by atoms with Gasteiger partial charge in [-0.1, -0.05) is 6.92 Å². The van der Waals surface area contributed by atoms with Gasteiger partial charge in [0, 0.05) is 43.7 Å². The zero-order valence-electron chi connectivity index (χ0n) is 15.8. The maximum Gasteiger partial charge on any atom is 0.225 e. The average Bonchev–Trinajstić information content (AvgIpc) is 2.94. The highest BCUT2D eigenvalue weighted by Gasteiger charge is 2.23. The number of nitrogens with zero attached hydrogens (tertiary/aromatic N) is 5. The molecule has 1 atom stereocenters. The molecule has 1 aliphatic rings. The minimum absolute atomic E-state index is 0.285. The summed E-state index contributed by atoms with van der Waals surface area (Å²) in [5, 5.41) is 4.62. The highest BCUT2D eigenvalue weighted by Crippen LogP contribution is 2.27. The van der Waals surface area contributed by atoms with Crippen LogP contribution < -0.4 is 4.90 Å². The fourth-order valence-corrected chi connectivity index (χ4v) is 3.56. The number of hydrogen-bond donors (Lipinski definition) is 0. The van der Waals surface area contributed by atoms with E-state index in [-0.39, 0.29) is 6.10 Å². The first-order valence-corrected chi connectivity index (χ1v) is 9.38. The van der Waals surface area contributed by atoms with Crippen LogP contribution in [-0.2, 0) is 11.3 Å². The maximum absolute atomic E-state index is 5.94. The molecule has 0 N–H and O–H groups in total. The summed E-state index contributed by atoms with van der Waals surface area (Å²) in [6.45, 7) is 12.0. The lowest BCUT2D eigenvalue weighted by atomic mass is 10.1. The molecule has 136 valence electrons. The number of piperidine rings is 1. The molecule has 1 unspecified atom stereocenters. The largest absolute Gasteiger partial charge is 0.376 e. The van der Waals surface area contributed by atoms with Crippen molar-refractivity contribution in [3.05, 3.63) is 23.7 Å². The first kappa shape index (κ1) is 17.9. The van der Waals surface area contributed by atoms with Gasteiger partial charge in [-0.3, -0.25) is 4.68 Å². The average molecular weight is 343 g/mol. The molecule has 6 heteroatoms. The lowest BCUT2D eigenvalue weighted by Crippen LogP contribution is -2.40. The number of hydrogen-bond acceptors (Lipinski definition) is 5. The monoisotopic (exact) mass is 343 g/mol. The van der Waals surface area contributed by atoms with Crippen LogP contribution in [0, 0.1) is 13.8 Å². The number of rotatable bonds is 6. The van der Waals surface area contributed by atoms with E-state index in [1.807, 2.05) is 23.9 Å². The van der Waals surface area contributed by atoms with Crippen molar-refractivity contribution in [2.45, 2.75) is 59.6 Å². The van der Waals surface area contributed by atoms with Crippen LogP contribution in [0.2, 0.25) is 0 Å². The van der Waals surface area contributed by atoms with Crippen LogP contribution >= 0.6 is 0 Å². The molecular weight excluding hydrogens is 314 g/mol. The summed E-state index contributed by atoms with van der Waals surface area (Å²) in [4.78, 5) is 11.6. The van der Waals surface area contributed by atoms with Crippen LogP contribution in [0.5, 0.6) is 0 Å². The van der Waals surface area contributed by atoms with Crippen molar-refractivity contribution >= 4 is 5.95 Å². The van der Waals surface area contributed by atoms with Crippen molar-refractivity contribution in [1.82, 2.24) is 19.7 Å². The summed E-state index contributed by atoms with van der Waals surface area (Å²) >= 11 is 0. The van der Waals surface area contributed by atoms with E-state index in [1.165, 1.54) is 0 Å². The van der Waals surface area contributed by atoms with Crippen LogP contribution in [0.3, 0.4) is 0 Å². The molecule has 0 radical (unpaired) electrons. The summed E-state index contributed by atoms with van der Waals surface area (Å²) in [5.74, 6) is 0.797. The molecular formula is C19H29N5O. The van der Waals surface area contributed by atoms with Crippen molar-refractivity contribution in [1.29, 1.82) is 0 Å². The van der Waals surface area contributed by atoms with Gasteiger partial charge in [-0.25, -0.2) is 9.97 Å². The lowest BCUT2D eigenvalue weighted by molar-refractivity contribution is 0.0437. The molecule has 0 bridgehead atoms. The SMILES string of the molecule is CCCOC1CCCN(c2nccc(-c3c(C)nn(CC)c3C)n2)C1. The van der Waals surface area contributed by atoms with E-state index in [0.717, 1.165) is 74.1 Å². The van der Waals surface area contributed by atoms with E-state index in [2.05, 4.69) is 35.8 Å². The number of aryl methyl sites for hydroxylation is 2. The van der Waals surface area contributed by atoms with Crippen molar-refractivity contribution in [3.8, 4) is 11.3 Å². The standard InChI is InChI=1S/C19H29N5O/c1-5-12-25-16-8-7-11-23(13-16)19-20-10-9-17(21-19)18-14(3)22-24(6-2)15(18)4/h9-10,16H,5-8,11-13H2,1-4H3. The third-order valence-electron chi connectivity index (χ3n) is 4.80.